The molecule has 0 aliphatic heterocycles. The molecule has 47 heavy (non-hydrogen) atoms. The van der Waals surface area contributed by atoms with E-state index in [0.717, 1.165) is 0 Å². The van der Waals surface area contributed by atoms with Crippen molar-refractivity contribution in [2.45, 2.75) is 0 Å². The van der Waals surface area contributed by atoms with Gasteiger partial charge in [0.1, 0.15) is 0 Å². The molecular weight excluding hydrogens is 607 g/mol. The van der Waals surface area contributed by atoms with Gasteiger partial charge in [-0.25, -0.2) is 0 Å². The minimum atomic E-state index is 1.20. The van der Waals surface area contributed by atoms with Crippen molar-refractivity contribution in [1.29, 1.82) is 0 Å². The van der Waals surface area contributed by atoms with E-state index in [2.05, 4.69) is 168 Å². The summed E-state index contributed by atoms with van der Waals surface area (Å²) in [4.78, 5) is 0. The van der Waals surface area contributed by atoms with Crippen LogP contribution in [0.15, 0.2) is 164 Å². The maximum absolute atomic E-state index is 2.43. The Morgan fingerprint density at radius 2 is 0.894 bits per heavy atom. The van der Waals surface area contributed by atoms with Crippen LogP contribution in [-0.4, -0.2) is 4.57 Å². The van der Waals surface area contributed by atoms with Gasteiger partial charge in [0.2, 0.25) is 0 Å². The molecule has 3 heteroatoms. The summed E-state index contributed by atoms with van der Waals surface area (Å²) in [5, 5.41) is 5.25. The molecule has 0 amide bonds. The van der Waals surface area contributed by atoms with Crippen LogP contribution in [0.2, 0.25) is 0 Å². The largest absolute Gasteiger partial charge is 0.308 e. The molecule has 0 saturated carbocycles. The van der Waals surface area contributed by atoms with Crippen LogP contribution in [-0.2, 0) is 0 Å². The van der Waals surface area contributed by atoms with E-state index < -0.39 is 0 Å². The average molecular weight is 634 g/mol. The van der Waals surface area contributed by atoms with E-state index >= 15 is 0 Å². The summed E-state index contributed by atoms with van der Waals surface area (Å²) in [6.07, 6.45) is 0. The first-order chi connectivity index (χ1) is 23.3. The third-order valence-electron chi connectivity index (χ3n) is 9.42. The van der Waals surface area contributed by atoms with Gasteiger partial charge in [0.25, 0.3) is 0 Å². The molecule has 0 radical (unpaired) electrons. The lowest BCUT2D eigenvalue weighted by Crippen LogP contribution is -1.92. The number of hydrogen-bond acceptors (Lipinski definition) is 2. The maximum atomic E-state index is 2.43. The second-order valence-electron chi connectivity index (χ2n) is 12.1. The Balaban J connectivity index is 1.10. The molecule has 0 atom stereocenters. The number of fused-ring (bicyclic) bond motifs is 8. The molecule has 0 spiro atoms. The van der Waals surface area contributed by atoms with Gasteiger partial charge in [-0.1, -0.05) is 127 Å². The zero-order valence-corrected chi connectivity index (χ0v) is 27.0. The Morgan fingerprint density at radius 1 is 0.362 bits per heavy atom. The molecule has 0 unspecified atom stereocenters. The van der Waals surface area contributed by atoms with Crippen LogP contribution in [0.25, 0.3) is 90.4 Å². The van der Waals surface area contributed by atoms with Crippen LogP contribution in [0.4, 0.5) is 0 Å². The fourth-order valence-corrected chi connectivity index (χ4v) is 9.67. The van der Waals surface area contributed by atoms with Crippen LogP contribution in [0.5, 0.6) is 0 Å². The van der Waals surface area contributed by atoms with E-state index in [4.69, 9.17) is 0 Å². The highest BCUT2D eigenvalue weighted by atomic mass is 32.1. The van der Waals surface area contributed by atoms with Crippen molar-refractivity contribution in [1.82, 2.24) is 4.57 Å². The minimum absolute atomic E-state index is 1.20. The molecule has 0 aliphatic carbocycles. The van der Waals surface area contributed by atoms with Crippen LogP contribution >= 0.6 is 22.7 Å². The van der Waals surface area contributed by atoms with E-state index in [1.165, 1.54) is 90.4 Å². The third-order valence-corrected chi connectivity index (χ3v) is 11.7. The van der Waals surface area contributed by atoms with Gasteiger partial charge < -0.3 is 4.57 Å². The maximum Gasteiger partial charge on any atom is 0.0727 e. The third kappa shape index (κ3) is 4.21. The molecule has 220 valence electrons. The van der Waals surface area contributed by atoms with Gasteiger partial charge in [-0.15, -0.1) is 22.7 Å². The van der Waals surface area contributed by atoms with Gasteiger partial charge in [0.05, 0.1) is 15.7 Å². The first-order valence-electron chi connectivity index (χ1n) is 15.9. The highest BCUT2D eigenvalue weighted by Crippen LogP contribution is 2.45. The van der Waals surface area contributed by atoms with E-state index in [0.29, 0.717) is 0 Å². The summed E-state index contributed by atoms with van der Waals surface area (Å²) in [6.45, 7) is 0. The van der Waals surface area contributed by atoms with Gasteiger partial charge in [0, 0.05) is 41.3 Å². The summed E-state index contributed by atoms with van der Waals surface area (Å²) in [5.41, 5.74) is 11.3. The average Bonchev–Trinajstić information content (AvgIpc) is 3.80. The monoisotopic (exact) mass is 633 g/mol. The number of para-hydroxylation sites is 2. The van der Waals surface area contributed by atoms with Gasteiger partial charge in [-0.3, -0.25) is 0 Å². The van der Waals surface area contributed by atoms with E-state index in [1.807, 2.05) is 22.7 Å². The van der Waals surface area contributed by atoms with Crippen LogP contribution in [0, 0.1) is 0 Å². The van der Waals surface area contributed by atoms with E-state index in [1.54, 1.807) is 0 Å². The molecule has 1 nitrogen and oxygen atoms in total. The summed E-state index contributed by atoms with van der Waals surface area (Å²) >= 11 is 3.79. The predicted octanol–water partition coefficient (Wildman–Crippen LogP) is 13.4. The molecule has 10 aromatic rings. The Bertz CT molecular complexity index is 2780. The van der Waals surface area contributed by atoms with Crippen molar-refractivity contribution in [3.05, 3.63) is 164 Å². The first-order valence-corrected chi connectivity index (χ1v) is 17.6. The Morgan fingerprint density at radius 3 is 1.60 bits per heavy atom. The van der Waals surface area contributed by atoms with Crippen LogP contribution < -0.4 is 0 Å². The predicted molar refractivity (Wildman–Crippen MR) is 205 cm³/mol. The smallest absolute Gasteiger partial charge is 0.0727 e. The normalized spacial score (nSPS) is 11.8. The van der Waals surface area contributed by atoms with E-state index in [-0.39, 0.29) is 0 Å². The lowest BCUT2D eigenvalue weighted by Gasteiger charge is -2.11. The molecule has 0 aliphatic rings. The van der Waals surface area contributed by atoms with Crippen molar-refractivity contribution in [2.75, 3.05) is 0 Å². The molecule has 0 fully saturated rings. The Hall–Kier alpha value is -5.48. The minimum Gasteiger partial charge on any atom is -0.308 e. The van der Waals surface area contributed by atoms with Crippen molar-refractivity contribution >= 4 is 74.1 Å². The zero-order chi connectivity index (χ0) is 30.9. The van der Waals surface area contributed by atoms with E-state index in [9.17, 15) is 0 Å². The van der Waals surface area contributed by atoms with Gasteiger partial charge >= 0.3 is 0 Å². The van der Waals surface area contributed by atoms with Gasteiger partial charge in [-0.2, -0.15) is 0 Å². The van der Waals surface area contributed by atoms with Gasteiger partial charge in [-0.05, 0) is 69.8 Å². The zero-order valence-electron chi connectivity index (χ0n) is 25.4. The summed E-state index contributed by atoms with van der Waals surface area (Å²) in [7, 11) is 0. The number of thiophene rings is 2. The molecule has 0 saturated heterocycles. The molecule has 3 heterocycles. The molecule has 0 N–H and O–H groups in total. The number of nitrogens with zero attached hydrogens (tertiary/aromatic N) is 1. The molecule has 7 aromatic carbocycles. The number of rotatable bonds is 4. The molecular formula is C44H27NS2. The number of benzene rings is 7. The lowest BCUT2D eigenvalue weighted by molar-refractivity contribution is 1.19. The van der Waals surface area contributed by atoms with Crippen molar-refractivity contribution < 1.29 is 0 Å². The quantitative estimate of drug-likeness (QED) is 0.182. The standard InChI is InChI=1S/C44H27NS2/c1-3-11-28(12-4-1)29-19-22-35-36-23-20-30(26-41(36)46-40(35)25-29)33-15-7-8-16-34(33)31-21-24-38-42(27-31)47-44-37-17-9-10-18-39(37)45(43(38)44)32-13-5-2-6-14-32/h1-27H. The van der Waals surface area contributed by atoms with Gasteiger partial charge in [0.15, 0.2) is 0 Å². The fourth-order valence-electron chi connectivity index (χ4n) is 7.22. The molecule has 3 aromatic heterocycles. The van der Waals surface area contributed by atoms with Crippen molar-refractivity contribution in [3.63, 3.8) is 0 Å². The Kier molecular flexibility index (Phi) is 5.98. The number of hydrogen-bond donors (Lipinski definition) is 0. The topological polar surface area (TPSA) is 4.93 Å². The summed E-state index contributed by atoms with van der Waals surface area (Å²) < 4.78 is 7.74. The van der Waals surface area contributed by atoms with Crippen molar-refractivity contribution in [2.24, 2.45) is 0 Å². The molecule has 0 bridgehead atoms. The summed E-state index contributed by atoms with van der Waals surface area (Å²) in [6, 6.07) is 59.9. The summed E-state index contributed by atoms with van der Waals surface area (Å²) in [5.74, 6) is 0. The first kappa shape index (κ1) is 26.7. The highest BCUT2D eigenvalue weighted by molar-refractivity contribution is 7.27. The fraction of sp³-hybridized carbons (Fsp3) is 0. The number of aromatic nitrogens is 1. The second kappa shape index (κ2) is 10.5. The lowest BCUT2D eigenvalue weighted by atomic mass is 9.94. The highest BCUT2D eigenvalue weighted by Gasteiger charge is 2.19. The molecule has 10 rings (SSSR count). The van der Waals surface area contributed by atoms with Crippen LogP contribution in [0.3, 0.4) is 0 Å². The second-order valence-corrected chi connectivity index (χ2v) is 14.3. The SMILES string of the molecule is c1ccc(-c2ccc3c(c2)sc2cc(-c4ccccc4-c4ccc5c(c4)sc4c6ccccc6n(-c6ccccc6)c54)ccc23)cc1. The van der Waals surface area contributed by atoms with Crippen molar-refractivity contribution in [3.8, 4) is 39.1 Å². The Labute approximate surface area is 280 Å². The van der Waals surface area contributed by atoms with Crippen LogP contribution in [0.1, 0.15) is 0 Å².